The van der Waals surface area contributed by atoms with E-state index in [9.17, 15) is 0 Å². The smallest absolute Gasteiger partial charge is 0.167 e. The van der Waals surface area contributed by atoms with Gasteiger partial charge in [-0.15, -0.1) is 10.2 Å². The van der Waals surface area contributed by atoms with Gasteiger partial charge in [0.2, 0.25) is 0 Å². The first-order valence-corrected chi connectivity index (χ1v) is 5.48. The van der Waals surface area contributed by atoms with Gasteiger partial charge < -0.3 is 10.1 Å². The molecule has 1 unspecified atom stereocenters. The van der Waals surface area contributed by atoms with Crippen LogP contribution in [0, 0.1) is 6.92 Å². The second-order valence-corrected chi connectivity index (χ2v) is 4.05. The molecule has 16 heavy (non-hydrogen) atoms. The van der Waals surface area contributed by atoms with Crippen molar-refractivity contribution in [3.8, 4) is 0 Å². The summed E-state index contributed by atoms with van der Waals surface area (Å²) in [5, 5.41) is 11.7. The Morgan fingerprint density at radius 3 is 3.25 bits per heavy atom. The molecule has 1 fully saturated rings. The van der Waals surface area contributed by atoms with Crippen LogP contribution in [0.3, 0.4) is 0 Å². The second-order valence-electron chi connectivity index (χ2n) is 4.05. The molecule has 0 saturated carbocycles. The number of nitrogens with one attached hydrogen (secondary N) is 1. The molecule has 2 aromatic rings. The number of morpholine rings is 1. The molecule has 5 heteroatoms. The Morgan fingerprint density at radius 2 is 2.44 bits per heavy atom. The summed E-state index contributed by atoms with van der Waals surface area (Å²) in [6.45, 7) is 4.49. The van der Waals surface area contributed by atoms with Crippen molar-refractivity contribution in [2.24, 2.45) is 0 Å². The van der Waals surface area contributed by atoms with Crippen LogP contribution in [-0.2, 0) is 4.74 Å². The van der Waals surface area contributed by atoms with E-state index in [1.165, 1.54) is 5.56 Å². The lowest BCUT2D eigenvalue weighted by atomic mass is 10.2. The standard InChI is InChI=1S/C11H14N4O/c1-8-2-4-15-10(6-8)13-14-11(15)9-7-12-3-5-16-9/h2,4,6,9,12H,3,5,7H2,1H3. The molecule has 0 spiro atoms. The van der Waals surface area contributed by atoms with E-state index in [4.69, 9.17) is 4.74 Å². The maximum atomic E-state index is 5.67. The fourth-order valence-corrected chi connectivity index (χ4v) is 1.96. The van der Waals surface area contributed by atoms with Gasteiger partial charge in [0.25, 0.3) is 0 Å². The Balaban J connectivity index is 2.03. The monoisotopic (exact) mass is 218 g/mol. The van der Waals surface area contributed by atoms with Gasteiger partial charge in [-0.2, -0.15) is 0 Å². The number of hydrogen-bond acceptors (Lipinski definition) is 4. The van der Waals surface area contributed by atoms with Crippen molar-refractivity contribution < 1.29 is 4.74 Å². The minimum Gasteiger partial charge on any atom is -0.368 e. The number of aromatic nitrogens is 3. The Hall–Kier alpha value is -1.46. The molecule has 3 heterocycles. The number of ether oxygens (including phenoxy) is 1. The number of rotatable bonds is 1. The van der Waals surface area contributed by atoms with Crippen LogP contribution in [0.1, 0.15) is 17.5 Å². The zero-order valence-corrected chi connectivity index (χ0v) is 9.18. The van der Waals surface area contributed by atoms with Crippen molar-refractivity contribution in [1.82, 2.24) is 19.9 Å². The summed E-state index contributed by atoms with van der Waals surface area (Å²) in [4.78, 5) is 0. The van der Waals surface area contributed by atoms with E-state index in [0.29, 0.717) is 0 Å². The molecular weight excluding hydrogens is 204 g/mol. The van der Waals surface area contributed by atoms with Gasteiger partial charge in [-0.05, 0) is 24.6 Å². The van der Waals surface area contributed by atoms with Crippen LogP contribution in [0.4, 0.5) is 0 Å². The fourth-order valence-electron chi connectivity index (χ4n) is 1.96. The summed E-state index contributed by atoms with van der Waals surface area (Å²) in [5.74, 6) is 0.877. The Morgan fingerprint density at radius 1 is 1.50 bits per heavy atom. The molecule has 0 radical (unpaired) electrons. The molecule has 1 N–H and O–H groups in total. The minimum atomic E-state index is 0.00598. The Bertz CT molecular complexity index is 502. The zero-order valence-electron chi connectivity index (χ0n) is 9.18. The number of nitrogens with zero attached hydrogens (tertiary/aromatic N) is 3. The first kappa shape index (κ1) is 9.74. The van der Waals surface area contributed by atoms with E-state index in [1.807, 2.05) is 23.6 Å². The van der Waals surface area contributed by atoms with Gasteiger partial charge in [0.05, 0.1) is 6.61 Å². The average molecular weight is 218 g/mol. The van der Waals surface area contributed by atoms with Gasteiger partial charge in [0, 0.05) is 19.3 Å². The largest absolute Gasteiger partial charge is 0.368 e. The van der Waals surface area contributed by atoms with Crippen molar-refractivity contribution in [2.75, 3.05) is 19.7 Å². The number of fused-ring (bicyclic) bond motifs is 1. The van der Waals surface area contributed by atoms with Crippen LogP contribution >= 0.6 is 0 Å². The van der Waals surface area contributed by atoms with E-state index >= 15 is 0 Å². The highest BCUT2D eigenvalue weighted by atomic mass is 16.5. The van der Waals surface area contributed by atoms with Crippen LogP contribution in [0.2, 0.25) is 0 Å². The van der Waals surface area contributed by atoms with E-state index in [1.54, 1.807) is 0 Å². The molecule has 84 valence electrons. The summed E-state index contributed by atoms with van der Waals surface area (Å²) < 4.78 is 7.67. The van der Waals surface area contributed by atoms with Gasteiger partial charge in [0.1, 0.15) is 6.10 Å². The summed E-state index contributed by atoms with van der Waals surface area (Å²) in [6, 6.07) is 4.07. The van der Waals surface area contributed by atoms with Gasteiger partial charge in [-0.25, -0.2) is 0 Å². The lowest BCUT2D eigenvalue weighted by molar-refractivity contribution is 0.0215. The van der Waals surface area contributed by atoms with E-state index in [-0.39, 0.29) is 6.10 Å². The molecule has 2 aromatic heterocycles. The van der Waals surface area contributed by atoms with Crippen LogP contribution in [0.5, 0.6) is 0 Å². The van der Waals surface area contributed by atoms with Crippen LogP contribution in [-0.4, -0.2) is 34.3 Å². The van der Waals surface area contributed by atoms with Gasteiger partial charge in [0.15, 0.2) is 11.5 Å². The van der Waals surface area contributed by atoms with Gasteiger partial charge >= 0.3 is 0 Å². The Kier molecular flexibility index (Phi) is 2.34. The average Bonchev–Trinajstić information content (AvgIpc) is 2.73. The summed E-state index contributed by atoms with van der Waals surface area (Å²) >= 11 is 0. The summed E-state index contributed by atoms with van der Waals surface area (Å²) in [5.41, 5.74) is 2.07. The van der Waals surface area contributed by atoms with E-state index in [0.717, 1.165) is 31.2 Å². The predicted molar refractivity (Wildman–Crippen MR) is 59.3 cm³/mol. The SMILES string of the molecule is Cc1ccn2c(C3CNCCO3)nnc2c1. The third kappa shape index (κ3) is 1.58. The molecule has 0 bridgehead atoms. The van der Waals surface area contributed by atoms with Crippen LogP contribution < -0.4 is 5.32 Å². The quantitative estimate of drug-likeness (QED) is 0.765. The van der Waals surface area contributed by atoms with Crippen molar-refractivity contribution in [1.29, 1.82) is 0 Å². The minimum absolute atomic E-state index is 0.00598. The lowest BCUT2D eigenvalue weighted by Crippen LogP contribution is -2.34. The number of pyridine rings is 1. The fraction of sp³-hybridized carbons (Fsp3) is 0.455. The molecular formula is C11H14N4O. The number of hydrogen-bond donors (Lipinski definition) is 1. The third-order valence-electron chi connectivity index (χ3n) is 2.81. The van der Waals surface area contributed by atoms with Crippen molar-refractivity contribution >= 4 is 5.65 Å². The zero-order chi connectivity index (χ0) is 11.0. The van der Waals surface area contributed by atoms with Crippen molar-refractivity contribution in [2.45, 2.75) is 13.0 Å². The summed E-state index contributed by atoms with van der Waals surface area (Å²) in [7, 11) is 0. The molecule has 0 aliphatic carbocycles. The number of aryl methyl sites for hydroxylation is 1. The Labute approximate surface area is 93.4 Å². The third-order valence-corrected chi connectivity index (χ3v) is 2.81. The predicted octanol–water partition coefficient (Wildman–Crippen LogP) is 0.699. The highest BCUT2D eigenvalue weighted by Crippen LogP contribution is 2.18. The van der Waals surface area contributed by atoms with Crippen LogP contribution in [0.15, 0.2) is 18.3 Å². The highest BCUT2D eigenvalue weighted by molar-refractivity contribution is 5.41. The van der Waals surface area contributed by atoms with Crippen LogP contribution in [0.25, 0.3) is 5.65 Å². The summed E-state index contributed by atoms with van der Waals surface area (Å²) in [6.07, 6.45) is 2.00. The van der Waals surface area contributed by atoms with E-state index in [2.05, 4.69) is 21.6 Å². The first-order chi connectivity index (χ1) is 7.84. The molecule has 1 aliphatic rings. The van der Waals surface area contributed by atoms with Crippen molar-refractivity contribution in [3.05, 3.63) is 29.7 Å². The molecule has 0 amide bonds. The molecule has 3 rings (SSSR count). The normalized spacial score (nSPS) is 21.4. The van der Waals surface area contributed by atoms with Crippen molar-refractivity contribution in [3.63, 3.8) is 0 Å². The topological polar surface area (TPSA) is 51.5 Å². The van der Waals surface area contributed by atoms with Gasteiger partial charge in [-0.3, -0.25) is 4.40 Å². The van der Waals surface area contributed by atoms with E-state index < -0.39 is 0 Å². The molecule has 5 nitrogen and oxygen atoms in total. The van der Waals surface area contributed by atoms with Gasteiger partial charge in [-0.1, -0.05) is 0 Å². The molecule has 0 aromatic carbocycles. The molecule has 1 aliphatic heterocycles. The first-order valence-electron chi connectivity index (χ1n) is 5.48. The maximum Gasteiger partial charge on any atom is 0.167 e. The molecule has 1 atom stereocenters. The molecule has 1 saturated heterocycles. The maximum absolute atomic E-state index is 5.67. The second kappa shape index (κ2) is 3.84. The lowest BCUT2D eigenvalue weighted by Gasteiger charge is -2.22. The highest BCUT2D eigenvalue weighted by Gasteiger charge is 2.20.